The van der Waals surface area contributed by atoms with Crippen LogP contribution in [0, 0.1) is 11.6 Å². The predicted molar refractivity (Wildman–Crippen MR) is 120 cm³/mol. The van der Waals surface area contributed by atoms with Crippen LogP contribution >= 0.6 is 11.3 Å². The first-order valence-corrected chi connectivity index (χ1v) is 10.8. The van der Waals surface area contributed by atoms with Crippen LogP contribution in [0.4, 0.5) is 8.78 Å². The monoisotopic (exact) mass is 450 g/mol. The Morgan fingerprint density at radius 1 is 1.03 bits per heavy atom. The van der Waals surface area contributed by atoms with Gasteiger partial charge in [0, 0.05) is 24.5 Å². The maximum absolute atomic E-state index is 13.9. The molecule has 0 saturated heterocycles. The molecule has 0 aliphatic carbocycles. The molecule has 1 amide bonds. The molecule has 3 aromatic carbocycles. The average molecular weight is 451 g/mol. The molecule has 0 radical (unpaired) electrons. The Labute approximate surface area is 188 Å². The first kappa shape index (κ1) is 21.6. The van der Waals surface area contributed by atoms with Crippen LogP contribution in [0.5, 0.6) is 5.75 Å². The molecule has 0 aliphatic heterocycles. The standard InChI is InChI=1S/C25H20F2N2O2S/c1-29(14-17-7-3-2-4-8-17)25(30)22-16-32-24(28-22)20-9-5-6-10-23(20)31-15-18-13-19(26)11-12-21(18)27/h2-13,16H,14-15H2,1H3. The molecule has 0 aliphatic rings. The molecule has 4 nitrogen and oxygen atoms in total. The van der Waals surface area contributed by atoms with E-state index in [9.17, 15) is 13.6 Å². The Morgan fingerprint density at radius 2 is 1.78 bits per heavy atom. The SMILES string of the molecule is CN(Cc1ccccc1)C(=O)c1csc(-c2ccccc2OCc2cc(F)ccc2F)n1. The lowest BCUT2D eigenvalue weighted by atomic mass is 10.2. The first-order valence-electron chi connectivity index (χ1n) is 9.92. The lowest BCUT2D eigenvalue weighted by Crippen LogP contribution is -2.26. The average Bonchev–Trinajstić information content (AvgIpc) is 3.30. The molecule has 4 rings (SSSR count). The zero-order chi connectivity index (χ0) is 22.5. The van der Waals surface area contributed by atoms with E-state index < -0.39 is 11.6 Å². The quantitative estimate of drug-likeness (QED) is 0.350. The molecule has 1 aromatic heterocycles. The van der Waals surface area contributed by atoms with Crippen LogP contribution in [0.25, 0.3) is 10.6 Å². The van der Waals surface area contributed by atoms with Crippen molar-refractivity contribution in [2.24, 2.45) is 0 Å². The van der Waals surface area contributed by atoms with Crippen molar-refractivity contribution in [2.45, 2.75) is 13.2 Å². The predicted octanol–water partition coefficient (Wildman–Crippen LogP) is 5.94. The van der Waals surface area contributed by atoms with Crippen LogP contribution in [-0.2, 0) is 13.2 Å². The third-order valence-corrected chi connectivity index (χ3v) is 5.72. The fourth-order valence-electron chi connectivity index (χ4n) is 3.20. The molecule has 0 saturated carbocycles. The van der Waals surface area contributed by atoms with Gasteiger partial charge in [0.2, 0.25) is 0 Å². The molecule has 0 unspecified atom stereocenters. The van der Waals surface area contributed by atoms with E-state index in [1.54, 1.807) is 29.5 Å². The normalized spacial score (nSPS) is 10.7. The van der Waals surface area contributed by atoms with Gasteiger partial charge in [-0.3, -0.25) is 4.79 Å². The molecule has 0 N–H and O–H groups in total. The summed E-state index contributed by atoms with van der Waals surface area (Å²) in [5, 5.41) is 2.32. The number of aromatic nitrogens is 1. The summed E-state index contributed by atoms with van der Waals surface area (Å²) in [6.07, 6.45) is 0. The Balaban J connectivity index is 1.50. The number of carbonyl (C=O) groups excluding carboxylic acids is 1. The van der Waals surface area contributed by atoms with Crippen LogP contribution in [0.3, 0.4) is 0 Å². The fraction of sp³-hybridized carbons (Fsp3) is 0.120. The van der Waals surface area contributed by atoms with Crippen molar-refractivity contribution in [2.75, 3.05) is 7.05 Å². The molecular formula is C25H20F2N2O2S. The smallest absolute Gasteiger partial charge is 0.273 e. The molecule has 0 atom stereocenters. The third kappa shape index (κ3) is 5.00. The van der Waals surface area contributed by atoms with Crippen molar-refractivity contribution in [1.29, 1.82) is 0 Å². The number of hydrogen-bond acceptors (Lipinski definition) is 4. The maximum Gasteiger partial charge on any atom is 0.273 e. The Bertz CT molecular complexity index is 1230. The van der Waals surface area contributed by atoms with E-state index in [-0.39, 0.29) is 18.1 Å². The van der Waals surface area contributed by atoms with Gasteiger partial charge in [-0.25, -0.2) is 13.8 Å². The highest BCUT2D eigenvalue weighted by molar-refractivity contribution is 7.13. The zero-order valence-corrected chi connectivity index (χ0v) is 18.1. The molecule has 0 spiro atoms. The Kier molecular flexibility index (Phi) is 6.56. The number of hydrogen-bond donors (Lipinski definition) is 0. The van der Waals surface area contributed by atoms with Gasteiger partial charge in [-0.15, -0.1) is 11.3 Å². The summed E-state index contributed by atoms with van der Waals surface area (Å²) < 4.78 is 33.1. The van der Waals surface area contributed by atoms with Gasteiger partial charge in [0.15, 0.2) is 0 Å². The number of rotatable bonds is 7. The van der Waals surface area contributed by atoms with Crippen molar-refractivity contribution >= 4 is 17.2 Å². The summed E-state index contributed by atoms with van der Waals surface area (Å²) in [5.41, 5.74) is 2.17. The van der Waals surface area contributed by atoms with E-state index in [1.165, 1.54) is 11.3 Å². The van der Waals surface area contributed by atoms with Crippen LogP contribution in [-0.4, -0.2) is 22.8 Å². The number of para-hydroxylation sites is 1. The topological polar surface area (TPSA) is 42.4 Å². The first-order chi connectivity index (χ1) is 15.5. The van der Waals surface area contributed by atoms with E-state index >= 15 is 0 Å². The van der Waals surface area contributed by atoms with E-state index in [4.69, 9.17) is 4.74 Å². The summed E-state index contributed by atoms with van der Waals surface area (Å²) >= 11 is 1.32. The van der Waals surface area contributed by atoms with Crippen molar-refractivity contribution in [3.8, 4) is 16.3 Å². The second kappa shape index (κ2) is 9.70. The van der Waals surface area contributed by atoms with Gasteiger partial charge in [-0.2, -0.15) is 0 Å². The fourth-order valence-corrected chi connectivity index (χ4v) is 4.02. The molecule has 32 heavy (non-hydrogen) atoms. The molecule has 4 aromatic rings. The highest BCUT2D eigenvalue weighted by Crippen LogP contribution is 2.33. The molecule has 1 heterocycles. The van der Waals surface area contributed by atoms with Crippen molar-refractivity contribution < 1.29 is 18.3 Å². The van der Waals surface area contributed by atoms with Crippen LogP contribution in [0.2, 0.25) is 0 Å². The number of nitrogens with zero attached hydrogens (tertiary/aromatic N) is 2. The number of amides is 1. The van der Waals surface area contributed by atoms with Crippen molar-refractivity contribution in [1.82, 2.24) is 9.88 Å². The van der Waals surface area contributed by atoms with Crippen LogP contribution < -0.4 is 4.74 Å². The minimum absolute atomic E-state index is 0.123. The number of benzene rings is 3. The largest absolute Gasteiger partial charge is 0.488 e. The molecule has 162 valence electrons. The molecular weight excluding hydrogens is 430 g/mol. The van der Waals surface area contributed by atoms with E-state index in [1.807, 2.05) is 42.5 Å². The van der Waals surface area contributed by atoms with E-state index in [0.717, 1.165) is 23.8 Å². The number of ether oxygens (including phenoxy) is 1. The van der Waals surface area contributed by atoms with E-state index in [2.05, 4.69) is 4.98 Å². The highest BCUT2D eigenvalue weighted by Gasteiger charge is 2.18. The second-order valence-electron chi connectivity index (χ2n) is 7.21. The summed E-state index contributed by atoms with van der Waals surface area (Å²) in [5.74, 6) is -0.771. The van der Waals surface area contributed by atoms with Gasteiger partial charge in [0.05, 0.1) is 5.56 Å². The number of carbonyl (C=O) groups is 1. The van der Waals surface area contributed by atoms with Gasteiger partial charge < -0.3 is 9.64 Å². The number of halogens is 2. The van der Waals surface area contributed by atoms with Crippen molar-refractivity contribution in [3.05, 3.63) is 107 Å². The Hall–Kier alpha value is -3.58. The minimum Gasteiger partial charge on any atom is -0.488 e. The molecule has 0 fully saturated rings. The lowest BCUT2D eigenvalue weighted by molar-refractivity contribution is 0.0780. The molecule has 7 heteroatoms. The van der Waals surface area contributed by atoms with Gasteiger partial charge in [0.1, 0.15) is 34.7 Å². The van der Waals surface area contributed by atoms with E-state index in [0.29, 0.717) is 28.6 Å². The minimum atomic E-state index is -0.535. The van der Waals surface area contributed by atoms with Gasteiger partial charge in [0.25, 0.3) is 5.91 Å². The van der Waals surface area contributed by atoms with Crippen molar-refractivity contribution in [3.63, 3.8) is 0 Å². The second-order valence-corrected chi connectivity index (χ2v) is 8.06. The number of thiazole rings is 1. The maximum atomic E-state index is 13.9. The Morgan fingerprint density at radius 3 is 2.59 bits per heavy atom. The van der Waals surface area contributed by atoms with Gasteiger partial charge >= 0.3 is 0 Å². The van der Waals surface area contributed by atoms with Crippen LogP contribution in [0.15, 0.2) is 78.2 Å². The zero-order valence-electron chi connectivity index (χ0n) is 17.3. The summed E-state index contributed by atoms with van der Waals surface area (Å²) in [4.78, 5) is 18.9. The summed E-state index contributed by atoms with van der Waals surface area (Å²) in [6, 6.07) is 20.1. The summed E-state index contributed by atoms with van der Waals surface area (Å²) in [7, 11) is 1.74. The van der Waals surface area contributed by atoms with Crippen LogP contribution in [0.1, 0.15) is 21.6 Å². The third-order valence-electron chi connectivity index (χ3n) is 4.84. The van der Waals surface area contributed by atoms with Gasteiger partial charge in [-0.05, 0) is 35.9 Å². The summed E-state index contributed by atoms with van der Waals surface area (Å²) in [6.45, 7) is 0.350. The highest BCUT2D eigenvalue weighted by atomic mass is 32.1. The lowest BCUT2D eigenvalue weighted by Gasteiger charge is -2.15. The van der Waals surface area contributed by atoms with Gasteiger partial charge in [-0.1, -0.05) is 42.5 Å². The molecule has 0 bridgehead atoms.